The van der Waals surface area contributed by atoms with Crippen LogP contribution in [0.5, 0.6) is 0 Å². The summed E-state index contributed by atoms with van der Waals surface area (Å²) in [5.41, 5.74) is 11.9. The van der Waals surface area contributed by atoms with Crippen LogP contribution in [0.15, 0.2) is 97.0 Å². The van der Waals surface area contributed by atoms with Crippen LogP contribution >= 0.6 is 0 Å². The summed E-state index contributed by atoms with van der Waals surface area (Å²) in [6.45, 7) is 7.47. The molecule has 51 heavy (non-hydrogen) atoms. The van der Waals surface area contributed by atoms with E-state index in [1.165, 1.54) is 30.3 Å². The number of hydrogen-bond acceptors (Lipinski definition) is 12. The number of anilines is 1. The Hall–Kier alpha value is -5.95. The topological polar surface area (TPSA) is 252 Å². The Balaban J connectivity index is 1.35. The molecule has 0 spiro atoms. The Morgan fingerprint density at radius 3 is 1.86 bits per heavy atom. The van der Waals surface area contributed by atoms with Gasteiger partial charge < -0.3 is 10.8 Å². The van der Waals surface area contributed by atoms with E-state index in [9.17, 15) is 35.8 Å². The number of fused-ring (bicyclic) bond motifs is 3. The second-order valence-corrected chi connectivity index (χ2v) is 14.5. The van der Waals surface area contributed by atoms with Crippen molar-refractivity contribution in [2.24, 2.45) is 20.5 Å². The molecule has 5 N–H and O–H groups in total. The van der Waals surface area contributed by atoms with E-state index in [4.69, 9.17) is 5.73 Å². The number of aromatic carboxylic acids is 1. The summed E-state index contributed by atoms with van der Waals surface area (Å²) in [6.07, 6.45) is 0. The predicted molar refractivity (Wildman–Crippen MR) is 188 cm³/mol. The molecule has 1 heterocycles. The van der Waals surface area contributed by atoms with Gasteiger partial charge in [-0.05, 0) is 111 Å². The summed E-state index contributed by atoms with van der Waals surface area (Å²) in [4.78, 5) is 11.8. The number of nitrogens with zero attached hydrogens (tertiary/aromatic N) is 7. The standard InChI is InChI=1S/C33H28N8O8S2/c1-16-10-27(17(2)9-25(16)34)37-38-29-12-18(3)28(11-19(29)4)36-35-20-5-8-30(24(13-20)33(42)43)41-39-26-7-6-22-23(32(26)40-41)14-21(50(44,45)46)15-31(22)51(47,48)49/h5-15H,34H2,1-4H3,(H,42,43)(H,44,45,46)(H,47,48,49). The largest absolute Gasteiger partial charge is 0.478 e. The van der Waals surface area contributed by atoms with Crippen molar-refractivity contribution in [1.82, 2.24) is 15.0 Å². The molecule has 5 aromatic carbocycles. The van der Waals surface area contributed by atoms with Crippen LogP contribution in [-0.4, -0.2) is 52.0 Å². The first-order chi connectivity index (χ1) is 23.9. The van der Waals surface area contributed by atoms with E-state index in [1.54, 1.807) is 6.07 Å². The van der Waals surface area contributed by atoms with Gasteiger partial charge in [-0.25, -0.2) is 4.79 Å². The number of carbonyl (C=O) groups is 1. The van der Waals surface area contributed by atoms with Crippen molar-refractivity contribution >= 4 is 76.4 Å². The molecular formula is C33H28N8O8S2. The molecule has 1 aromatic heterocycles. The van der Waals surface area contributed by atoms with E-state index in [0.717, 1.165) is 33.1 Å². The molecule has 0 amide bonds. The number of hydrogen-bond donors (Lipinski definition) is 4. The van der Waals surface area contributed by atoms with Gasteiger partial charge in [0, 0.05) is 16.5 Å². The van der Waals surface area contributed by atoms with E-state index in [2.05, 4.69) is 30.7 Å². The van der Waals surface area contributed by atoms with Crippen LogP contribution in [0.1, 0.15) is 32.6 Å². The zero-order chi connectivity index (χ0) is 37.0. The lowest BCUT2D eigenvalue weighted by Gasteiger charge is -2.07. The van der Waals surface area contributed by atoms with E-state index < -0.39 is 36.0 Å². The first kappa shape index (κ1) is 34.9. The van der Waals surface area contributed by atoms with Crippen LogP contribution in [0.4, 0.5) is 28.4 Å². The molecular weight excluding hydrogens is 701 g/mol. The highest BCUT2D eigenvalue weighted by molar-refractivity contribution is 7.86. The van der Waals surface area contributed by atoms with Crippen LogP contribution in [0.2, 0.25) is 0 Å². The molecule has 0 saturated heterocycles. The predicted octanol–water partition coefficient (Wildman–Crippen LogP) is 7.41. The normalized spacial score (nSPS) is 12.5. The number of carboxylic acid groups (broad SMARTS) is 1. The molecule has 16 nitrogen and oxygen atoms in total. The molecule has 18 heteroatoms. The van der Waals surface area contributed by atoms with Crippen LogP contribution in [0.25, 0.3) is 27.5 Å². The van der Waals surface area contributed by atoms with Crippen LogP contribution in [-0.2, 0) is 20.2 Å². The molecule has 0 bridgehead atoms. The molecule has 0 saturated carbocycles. The number of rotatable bonds is 8. The third-order valence-corrected chi connectivity index (χ3v) is 9.78. The Kier molecular flexibility index (Phi) is 8.72. The van der Waals surface area contributed by atoms with Crippen molar-refractivity contribution in [3.63, 3.8) is 0 Å². The molecule has 0 aliphatic carbocycles. The Labute approximate surface area is 290 Å². The van der Waals surface area contributed by atoms with Crippen molar-refractivity contribution in [3.05, 3.63) is 94.5 Å². The summed E-state index contributed by atoms with van der Waals surface area (Å²) in [5, 5.41) is 35.9. The lowest BCUT2D eigenvalue weighted by Crippen LogP contribution is -2.07. The molecule has 0 atom stereocenters. The minimum Gasteiger partial charge on any atom is -0.478 e. The van der Waals surface area contributed by atoms with Crippen molar-refractivity contribution < 1.29 is 35.8 Å². The summed E-state index contributed by atoms with van der Waals surface area (Å²) in [7, 11) is -9.84. The number of benzene rings is 5. The summed E-state index contributed by atoms with van der Waals surface area (Å²) < 4.78 is 67.4. The van der Waals surface area contributed by atoms with Crippen molar-refractivity contribution in [3.8, 4) is 5.69 Å². The van der Waals surface area contributed by atoms with Crippen molar-refractivity contribution in [2.45, 2.75) is 37.5 Å². The Morgan fingerprint density at radius 2 is 1.27 bits per heavy atom. The minimum absolute atomic E-state index is 0.00000933. The number of nitrogens with two attached hydrogens (primary N) is 1. The average Bonchev–Trinajstić information content (AvgIpc) is 3.50. The maximum Gasteiger partial charge on any atom is 0.338 e. The smallest absolute Gasteiger partial charge is 0.338 e. The van der Waals surface area contributed by atoms with Gasteiger partial charge in [0.2, 0.25) is 0 Å². The van der Waals surface area contributed by atoms with Gasteiger partial charge in [-0.1, -0.05) is 6.07 Å². The second kappa shape index (κ2) is 12.7. The van der Waals surface area contributed by atoms with Crippen LogP contribution in [0.3, 0.4) is 0 Å². The van der Waals surface area contributed by atoms with Gasteiger partial charge in [0.15, 0.2) is 0 Å². The fourth-order valence-electron chi connectivity index (χ4n) is 5.31. The summed E-state index contributed by atoms with van der Waals surface area (Å²) in [5.74, 6) is -1.34. The maximum atomic E-state index is 12.4. The van der Waals surface area contributed by atoms with Gasteiger partial charge in [-0.15, -0.1) is 15.0 Å². The van der Waals surface area contributed by atoms with Gasteiger partial charge in [0.05, 0.1) is 33.2 Å². The number of aromatic nitrogens is 3. The molecule has 0 unspecified atom stereocenters. The zero-order valence-corrected chi connectivity index (χ0v) is 28.9. The highest BCUT2D eigenvalue weighted by atomic mass is 32.2. The van der Waals surface area contributed by atoms with Gasteiger partial charge >= 0.3 is 5.97 Å². The molecule has 0 aliphatic rings. The first-order valence-corrected chi connectivity index (χ1v) is 17.8. The number of azo groups is 2. The minimum atomic E-state index is -4.94. The van der Waals surface area contributed by atoms with Crippen LogP contribution in [0, 0.1) is 27.7 Å². The highest BCUT2D eigenvalue weighted by Crippen LogP contribution is 2.34. The quantitative estimate of drug-likeness (QED) is 0.0681. The Morgan fingerprint density at radius 1 is 0.686 bits per heavy atom. The molecule has 0 fully saturated rings. The van der Waals surface area contributed by atoms with E-state index in [1.807, 2.05) is 45.9 Å². The van der Waals surface area contributed by atoms with Gasteiger partial charge in [-0.3, -0.25) is 9.11 Å². The lowest BCUT2D eigenvalue weighted by atomic mass is 10.1. The SMILES string of the molecule is Cc1cc(N=Nc2cc(C)c(N=Nc3ccc(-n4nc5ccc6c(S(=O)(=O)O)cc(S(=O)(=O)O)cc6c5n4)c(C(=O)O)c3)cc2C)c(C)cc1N. The maximum absolute atomic E-state index is 12.4. The fourth-order valence-corrected chi connectivity index (χ4v) is 6.65. The van der Waals surface area contributed by atoms with Crippen molar-refractivity contribution in [1.29, 1.82) is 0 Å². The summed E-state index contributed by atoms with van der Waals surface area (Å²) >= 11 is 0. The third-order valence-electron chi connectivity index (χ3n) is 8.06. The molecule has 0 aliphatic heterocycles. The first-order valence-electron chi connectivity index (χ1n) is 14.9. The van der Waals surface area contributed by atoms with Crippen LogP contribution < -0.4 is 5.73 Å². The average molecular weight is 729 g/mol. The number of aryl methyl sites for hydroxylation is 4. The number of nitrogen functional groups attached to an aromatic ring is 1. The van der Waals surface area contributed by atoms with E-state index in [-0.39, 0.29) is 38.7 Å². The number of carboxylic acids is 1. The molecule has 6 aromatic rings. The molecule has 260 valence electrons. The molecule has 0 radical (unpaired) electrons. The second-order valence-electron chi connectivity index (χ2n) is 11.7. The van der Waals surface area contributed by atoms with E-state index >= 15 is 0 Å². The van der Waals surface area contributed by atoms with E-state index in [0.29, 0.717) is 28.8 Å². The lowest BCUT2D eigenvalue weighted by molar-refractivity contribution is 0.0696. The zero-order valence-electron chi connectivity index (χ0n) is 27.3. The third kappa shape index (κ3) is 6.93. The highest BCUT2D eigenvalue weighted by Gasteiger charge is 2.23. The van der Waals surface area contributed by atoms with Gasteiger partial charge in [0.25, 0.3) is 20.2 Å². The summed E-state index contributed by atoms with van der Waals surface area (Å²) in [6, 6.07) is 15.7. The Bertz CT molecular complexity index is 2740. The monoisotopic (exact) mass is 728 g/mol. The molecule has 6 rings (SSSR count). The van der Waals surface area contributed by atoms with Crippen molar-refractivity contribution in [2.75, 3.05) is 5.73 Å². The fraction of sp³-hybridized carbons (Fsp3) is 0.121. The van der Waals surface area contributed by atoms with Gasteiger partial charge in [-0.2, -0.15) is 37.3 Å². The van der Waals surface area contributed by atoms with Gasteiger partial charge in [0.1, 0.15) is 21.6 Å².